The molecule has 2 unspecified atom stereocenters. The molecule has 0 saturated carbocycles. The van der Waals surface area contributed by atoms with Gasteiger partial charge in [0, 0.05) is 6.42 Å². The van der Waals surface area contributed by atoms with Crippen LogP contribution in [0.15, 0.2) is 12.7 Å². The van der Waals surface area contributed by atoms with E-state index in [9.17, 15) is 5.11 Å². The second-order valence-corrected chi connectivity index (χ2v) is 8.82. The predicted molar refractivity (Wildman–Crippen MR) is 57.9 cm³/mol. The summed E-state index contributed by atoms with van der Waals surface area (Å²) in [6, 6.07) is 0. The zero-order chi connectivity index (χ0) is 10.5. The number of aliphatic hydroxyl groups excluding tert-OH is 2. The predicted octanol–water partition coefficient (Wildman–Crippen LogP) is 1.17. The fourth-order valence-corrected chi connectivity index (χ4v) is 1.28. The summed E-state index contributed by atoms with van der Waals surface area (Å²) in [4.78, 5) is 0. The molecule has 0 bridgehead atoms. The van der Waals surface area contributed by atoms with Crippen LogP contribution in [0, 0.1) is 11.5 Å². The van der Waals surface area contributed by atoms with Gasteiger partial charge in [0.05, 0.1) is 6.10 Å². The van der Waals surface area contributed by atoms with Crippen molar-refractivity contribution in [1.29, 1.82) is 0 Å². The van der Waals surface area contributed by atoms with Gasteiger partial charge in [-0.05, 0) is 0 Å². The fourth-order valence-electron chi connectivity index (χ4n) is 0.684. The Morgan fingerprint density at radius 2 is 1.92 bits per heavy atom. The second kappa shape index (κ2) is 5.23. The van der Waals surface area contributed by atoms with Gasteiger partial charge < -0.3 is 10.2 Å². The first-order chi connectivity index (χ1) is 5.85. The van der Waals surface area contributed by atoms with Crippen molar-refractivity contribution in [2.75, 3.05) is 0 Å². The van der Waals surface area contributed by atoms with Crippen molar-refractivity contribution in [3.05, 3.63) is 12.7 Å². The number of aliphatic hydroxyl groups is 2. The highest BCUT2D eigenvalue weighted by molar-refractivity contribution is 6.83. The molecular weight excluding hydrogens is 180 g/mol. The summed E-state index contributed by atoms with van der Waals surface area (Å²) in [5.74, 6) is 2.75. The zero-order valence-corrected chi connectivity index (χ0v) is 9.54. The summed E-state index contributed by atoms with van der Waals surface area (Å²) in [5.41, 5.74) is 3.04. The van der Waals surface area contributed by atoms with Crippen LogP contribution in [0.5, 0.6) is 0 Å². The maximum absolute atomic E-state index is 9.35. The molecule has 0 amide bonds. The second-order valence-electron chi connectivity index (χ2n) is 4.07. The first kappa shape index (κ1) is 12.4. The van der Waals surface area contributed by atoms with Crippen molar-refractivity contribution in [2.45, 2.75) is 38.3 Å². The Labute approximate surface area is 81.3 Å². The Morgan fingerprint density at radius 1 is 1.38 bits per heavy atom. The molecule has 0 rings (SSSR count). The van der Waals surface area contributed by atoms with E-state index in [4.69, 9.17) is 5.11 Å². The van der Waals surface area contributed by atoms with E-state index in [1.54, 1.807) is 0 Å². The molecule has 74 valence electrons. The van der Waals surface area contributed by atoms with E-state index in [0.717, 1.165) is 0 Å². The summed E-state index contributed by atoms with van der Waals surface area (Å²) in [6.07, 6.45) is 0.256. The monoisotopic (exact) mass is 198 g/mol. The minimum atomic E-state index is -1.41. The minimum Gasteiger partial charge on any atom is -0.389 e. The average molecular weight is 198 g/mol. The van der Waals surface area contributed by atoms with Gasteiger partial charge in [0.2, 0.25) is 0 Å². The van der Waals surface area contributed by atoms with Gasteiger partial charge in [-0.15, -0.1) is 12.1 Å². The lowest BCUT2D eigenvalue weighted by molar-refractivity contribution is 0.138. The lowest BCUT2D eigenvalue weighted by atomic mass is 10.2. The van der Waals surface area contributed by atoms with E-state index in [2.05, 4.69) is 37.7 Å². The Bertz CT molecular complexity index is 219. The van der Waals surface area contributed by atoms with Crippen LogP contribution in [0.25, 0.3) is 0 Å². The largest absolute Gasteiger partial charge is 0.389 e. The van der Waals surface area contributed by atoms with Gasteiger partial charge in [-0.25, -0.2) is 0 Å². The van der Waals surface area contributed by atoms with Gasteiger partial charge in [-0.2, -0.15) is 0 Å². The van der Waals surface area contributed by atoms with E-state index in [0.29, 0.717) is 0 Å². The third-order valence-corrected chi connectivity index (χ3v) is 2.24. The molecule has 0 aromatic rings. The maximum Gasteiger partial charge on any atom is 0.129 e. The van der Waals surface area contributed by atoms with Gasteiger partial charge >= 0.3 is 0 Å². The van der Waals surface area contributed by atoms with E-state index < -0.39 is 20.3 Å². The van der Waals surface area contributed by atoms with Crippen LogP contribution in [-0.4, -0.2) is 30.5 Å². The van der Waals surface area contributed by atoms with Gasteiger partial charge in [0.1, 0.15) is 14.2 Å². The zero-order valence-electron chi connectivity index (χ0n) is 8.54. The van der Waals surface area contributed by atoms with E-state index in [-0.39, 0.29) is 6.42 Å². The van der Waals surface area contributed by atoms with Crippen molar-refractivity contribution in [1.82, 2.24) is 0 Å². The van der Waals surface area contributed by atoms with Gasteiger partial charge in [-0.1, -0.05) is 31.6 Å². The fraction of sp³-hybridized carbons (Fsp3) is 0.600. The molecule has 2 atom stereocenters. The molecule has 3 heteroatoms. The highest BCUT2D eigenvalue weighted by atomic mass is 28.3. The van der Waals surface area contributed by atoms with Crippen LogP contribution < -0.4 is 0 Å². The lowest BCUT2D eigenvalue weighted by Crippen LogP contribution is -2.19. The molecule has 0 aromatic heterocycles. The number of hydrogen-bond acceptors (Lipinski definition) is 2. The molecule has 2 N–H and O–H groups in total. The van der Waals surface area contributed by atoms with E-state index >= 15 is 0 Å². The standard InChI is InChI=1S/C10H18O2Si/c1-5-9(11)8-10(12)6-7-13(2,3)4/h5,9-12H,1,8H2,2-4H3. The maximum atomic E-state index is 9.35. The van der Waals surface area contributed by atoms with Crippen molar-refractivity contribution in [3.8, 4) is 11.5 Å². The van der Waals surface area contributed by atoms with Crippen molar-refractivity contribution >= 4 is 8.07 Å². The summed E-state index contributed by atoms with van der Waals surface area (Å²) >= 11 is 0. The number of hydrogen-bond donors (Lipinski definition) is 2. The van der Waals surface area contributed by atoms with Crippen LogP contribution in [0.2, 0.25) is 19.6 Å². The Balaban J connectivity index is 4.05. The quantitative estimate of drug-likeness (QED) is 0.406. The first-order valence-corrected chi connectivity index (χ1v) is 7.86. The molecule has 2 nitrogen and oxygen atoms in total. The van der Waals surface area contributed by atoms with Crippen molar-refractivity contribution < 1.29 is 10.2 Å². The smallest absolute Gasteiger partial charge is 0.129 e. The normalized spacial score (nSPS) is 15.5. The molecule has 0 saturated heterocycles. The summed E-state index contributed by atoms with van der Waals surface area (Å²) < 4.78 is 0. The van der Waals surface area contributed by atoms with Crippen molar-refractivity contribution in [2.24, 2.45) is 0 Å². The number of rotatable bonds is 3. The lowest BCUT2D eigenvalue weighted by Gasteiger charge is -2.08. The average Bonchev–Trinajstić information content (AvgIpc) is 1.99. The highest BCUT2D eigenvalue weighted by Gasteiger charge is 2.10. The SMILES string of the molecule is C=CC(O)CC(O)C#C[Si](C)(C)C. The summed E-state index contributed by atoms with van der Waals surface area (Å²) in [6.45, 7) is 9.75. The van der Waals surface area contributed by atoms with Crippen LogP contribution in [0.3, 0.4) is 0 Å². The van der Waals surface area contributed by atoms with Crippen LogP contribution in [0.1, 0.15) is 6.42 Å². The van der Waals surface area contributed by atoms with E-state index in [1.807, 2.05) is 0 Å². The minimum absolute atomic E-state index is 0.251. The molecule has 0 aliphatic rings. The van der Waals surface area contributed by atoms with Gasteiger partial charge in [-0.3, -0.25) is 0 Å². The topological polar surface area (TPSA) is 40.5 Å². The van der Waals surface area contributed by atoms with Gasteiger partial charge in [0.25, 0.3) is 0 Å². The summed E-state index contributed by atoms with van der Waals surface area (Å²) in [7, 11) is -1.41. The molecule has 0 radical (unpaired) electrons. The third kappa shape index (κ3) is 7.79. The molecule has 0 aliphatic carbocycles. The molecule has 0 spiro atoms. The van der Waals surface area contributed by atoms with E-state index in [1.165, 1.54) is 6.08 Å². The Hall–Kier alpha value is -0.563. The molecular formula is C10H18O2Si. The molecule has 13 heavy (non-hydrogen) atoms. The third-order valence-electron chi connectivity index (χ3n) is 1.35. The Kier molecular flexibility index (Phi) is 5.00. The van der Waals surface area contributed by atoms with Crippen LogP contribution in [-0.2, 0) is 0 Å². The van der Waals surface area contributed by atoms with Crippen molar-refractivity contribution in [3.63, 3.8) is 0 Å². The van der Waals surface area contributed by atoms with Gasteiger partial charge in [0.15, 0.2) is 0 Å². The summed E-state index contributed by atoms with van der Waals surface area (Å²) in [5, 5.41) is 18.5. The molecule has 0 heterocycles. The molecule has 0 fully saturated rings. The van der Waals surface area contributed by atoms with Crippen LogP contribution in [0.4, 0.5) is 0 Å². The first-order valence-electron chi connectivity index (χ1n) is 4.36. The Morgan fingerprint density at radius 3 is 2.31 bits per heavy atom. The molecule has 0 aromatic carbocycles. The highest BCUT2D eigenvalue weighted by Crippen LogP contribution is 2.00. The van der Waals surface area contributed by atoms with Crippen LogP contribution >= 0.6 is 0 Å². The molecule has 0 aliphatic heterocycles.